The lowest BCUT2D eigenvalue weighted by atomic mass is 9.85. The van der Waals surface area contributed by atoms with Crippen molar-refractivity contribution in [2.75, 3.05) is 19.7 Å². The van der Waals surface area contributed by atoms with Crippen molar-refractivity contribution < 1.29 is 5.11 Å². The van der Waals surface area contributed by atoms with Gasteiger partial charge in [0.1, 0.15) is 0 Å². The van der Waals surface area contributed by atoms with Gasteiger partial charge in [-0.2, -0.15) is 0 Å². The summed E-state index contributed by atoms with van der Waals surface area (Å²) in [5.74, 6) is 0. The third-order valence-electron chi connectivity index (χ3n) is 4.07. The average Bonchev–Trinajstić information content (AvgIpc) is 2.42. The van der Waals surface area contributed by atoms with Gasteiger partial charge in [0.15, 0.2) is 0 Å². The van der Waals surface area contributed by atoms with Crippen LogP contribution in [0.3, 0.4) is 0 Å². The highest BCUT2D eigenvalue weighted by Crippen LogP contribution is 2.28. The standard InChI is InChI=1S/C16H24ClNO/c1-16(2,12-19)14-7-6-13(15(17)10-14)11-18-8-4-3-5-9-18/h6-7,10,19H,3-5,8-9,11-12H2,1-2H3. The molecule has 1 fully saturated rings. The van der Waals surface area contributed by atoms with Crippen molar-refractivity contribution in [1.29, 1.82) is 0 Å². The Bertz CT molecular complexity index is 425. The van der Waals surface area contributed by atoms with E-state index in [1.165, 1.54) is 37.9 Å². The fourth-order valence-corrected chi connectivity index (χ4v) is 2.79. The summed E-state index contributed by atoms with van der Waals surface area (Å²) in [5, 5.41) is 10.2. The maximum Gasteiger partial charge on any atom is 0.0522 e. The first-order valence-corrected chi connectivity index (χ1v) is 7.53. The Hall–Kier alpha value is -0.570. The molecule has 1 N–H and O–H groups in total. The van der Waals surface area contributed by atoms with Gasteiger partial charge < -0.3 is 5.11 Å². The molecule has 2 nitrogen and oxygen atoms in total. The number of nitrogens with zero attached hydrogens (tertiary/aromatic N) is 1. The largest absolute Gasteiger partial charge is 0.395 e. The molecule has 0 atom stereocenters. The summed E-state index contributed by atoms with van der Waals surface area (Å²) in [6.45, 7) is 7.50. The zero-order chi connectivity index (χ0) is 13.9. The molecule has 1 aliphatic heterocycles. The highest BCUT2D eigenvalue weighted by atomic mass is 35.5. The maximum atomic E-state index is 9.42. The van der Waals surface area contributed by atoms with E-state index in [0.29, 0.717) is 0 Å². The van der Waals surface area contributed by atoms with Crippen LogP contribution in [0.4, 0.5) is 0 Å². The van der Waals surface area contributed by atoms with E-state index >= 15 is 0 Å². The van der Waals surface area contributed by atoms with E-state index in [1.807, 2.05) is 19.9 Å². The molecule has 0 unspecified atom stereocenters. The predicted molar refractivity (Wildman–Crippen MR) is 80.7 cm³/mol. The van der Waals surface area contributed by atoms with Crippen molar-refractivity contribution in [3.63, 3.8) is 0 Å². The zero-order valence-corrected chi connectivity index (χ0v) is 12.7. The molecule has 1 aliphatic rings. The molecule has 0 saturated carbocycles. The molecule has 1 aromatic carbocycles. The second kappa shape index (κ2) is 6.25. The van der Waals surface area contributed by atoms with E-state index in [1.54, 1.807) is 0 Å². The molecule has 0 aromatic heterocycles. The fraction of sp³-hybridized carbons (Fsp3) is 0.625. The first-order chi connectivity index (χ1) is 9.03. The normalized spacial score (nSPS) is 17.7. The van der Waals surface area contributed by atoms with Crippen LogP contribution in [0.15, 0.2) is 18.2 Å². The van der Waals surface area contributed by atoms with Crippen molar-refractivity contribution in [3.8, 4) is 0 Å². The van der Waals surface area contributed by atoms with Gasteiger partial charge in [0, 0.05) is 17.0 Å². The number of aliphatic hydroxyl groups excluding tert-OH is 1. The van der Waals surface area contributed by atoms with Crippen LogP contribution in [0, 0.1) is 0 Å². The van der Waals surface area contributed by atoms with Crippen molar-refractivity contribution in [1.82, 2.24) is 4.90 Å². The summed E-state index contributed by atoms with van der Waals surface area (Å²) < 4.78 is 0. The van der Waals surface area contributed by atoms with Gasteiger partial charge in [-0.3, -0.25) is 4.90 Å². The van der Waals surface area contributed by atoms with Gasteiger partial charge in [-0.1, -0.05) is 44.0 Å². The molecule has 0 radical (unpaired) electrons. The van der Waals surface area contributed by atoms with Gasteiger partial charge in [-0.15, -0.1) is 0 Å². The number of rotatable bonds is 4. The van der Waals surface area contributed by atoms with E-state index in [9.17, 15) is 5.11 Å². The third-order valence-corrected chi connectivity index (χ3v) is 4.42. The molecule has 0 aliphatic carbocycles. The molecule has 0 amide bonds. The minimum atomic E-state index is -0.229. The molecule has 2 rings (SSSR count). The third kappa shape index (κ3) is 3.71. The van der Waals surface area contributed by atoms with Crippen LogP contribution in [-0.4, -0.2) is 29.7 Å². The Morgan fingerprint density at radius 1 is 1.21 bits per heavy atom. The van der Waals surface area contributed by atoms with Crippen molar-refractivity contribution in [3.05, 3.63) is 34.3 Å². The number of hydrogen-bond acceptors (Lipinski definition) is 2. The molecule has 1 heterocycles. The number of aliphatic hydroxyl groups is 1. The van der Waals surface area contributed by atoms with Gasteiger partial charge in [0.05, 0.1) is 6.61 Å². The van der Waals surface area contributed by atoms with E-state index in [-0.39, 0.29) is 12.0 Å². The highest BCUT2D eigenvalue weighted by Gasteiger charge is 2.20. The van der Waals surface area contributed by atoms with Gasteiger partial charge >= 0.3 is 0 Å². The van der Waals surface area contributed by atoms with Crippen LogP contribution in [0.25, 0.3) is 0 Å². The Kier molecular flexibility index (Phi) is 4.88. The first-order valence-electron chi connectivity index (χ1n) is 7.15. The van der Waals surface area contributed by atoms with E-state index < -0.39 is 0 Å². The number of hydrogen-bond donors (Lipinski definition) is 1. The van der Waals surface area contributed by atoms with Crippen LogP contribution in [0.5, 0.6) is 0 Å². The van der Waals surface area contributed by atoms with Crippen LogP contribution < -0.4 is 0 Å². The molecule has 0 spiro atoms. The van der Waals surface area contributed by atoms with E-state index in [2.05, 4.69) is 17.0 Å². The Morgan fingerprint density at radius 3 is 2.47 bits per heavy atom. The van der Waals surface area contributed by atoms with E-state index in [4.69, 9.17) is 11.6 Å². The molecule has 19 heavy (non-hydrogen) atoms. The molecule has 3 heteroatoms. The summed E-state index contributed by atoms with van der Waals surface area (Å²) in [4.78, 5) is 2.47. The highest BCUT2D eigenvalue weighted by molar-refractivity contribution is 6.31. The molecule has 1 aromatic rings. The molecule has 106 valence electrons. The SMILES string of the molecule is CC(C)(CO)c1ccc(CN2CCCCC2)c(Cl)c1. The Labute approximate surface area is 121 Å². The fourth-order valence-electron chi connectivity index (χ4n) is 2.55. The number of likely N-dealkylation sites (tertiary alicyclic amines) is 1. The maximum absolute atomic E-state index is 9.42. The smallest absolute Gasteiger partial charge is 0.0522 e. The van der Waals surface area contributed by atoms with Crippen LogP contribution >= 0.6 is 11.6 Å². The number of halogens is 1. The van der Waals surface area contributed by atoms with Crippen LogP contribution in [0.2, 0.25) is 5.02 Å². The zero-order valence-electron chi connectivity index (χ0n) is 12.0. The van der Waals surface area contributed by atoms with Gasteiger partial charge in [0.2, 0.25) is 0 Å². The van der Waals surface area contributed by atoms with Crippen molar-refractivity contribution in [2.45, 2.75) is 45.1 Å². The van der Waals surface area contributed by atoms with Crippen LogP contribution in [0.1, 0.15) is 44.2 Å². The number of piperidine rings is 1. The minimum absolute atomic E-state index is 0.134. The second-order valence-electron chi connectivity index (χ2n) is 6.18. The molecular formula is C16H24ClNO. The lowest BCUT2D eigenvalue weighted by Gasteiger charge is -2.27. The second-order valence-corrected chi connectivity index (χ2v) is 6.59. The topological polar surface area (TPSA) is 23.5 Å². The summed E-state index contributed by atoms with van der Waals surface area (Å²) in [5.41, 5.74) is 2.07. The van der Waals surface area contributed by atoms with Crippen molar-refractivity contribution in [2.24, 2.45) is 0 Å². The molecule has 1 saturated heterocycles. The lowest BCUT2D eigenvalue weighted by molar-refractivity contribution is 0.217. The quantitative estimate of drug-likeness (QED) is 0.912. The summed E-state index contributed by atoms with van der Waals surface area (Å²) in [6, 6.07) is 6.22. The monoisotopic (exact) mass is 281 g/mol. The summed E-state index contributed by atoms with van der Waals surface area (Å²) >= 11 is 6.40. The molecular weight excluding hydrogens is 258 g/mol. The average molecular weight is 282 g/mol. The summed E-state index contributed by atoms with van der Waals surface area (Å²) in [7, 11) is 0. The van der Waals surface area contributed by atoms with Gasteiger partial charge in [-0.25, -0.2) is 0 Å². The van der Waals surface area contributed by atoms with Crippen LogP contribution in [-0.2, 0) is 12.0 Å². The summed E-state index contributed by atoms with van der Waals surface area (Å²) in [6.07, 6.45) is 3.95. The van der Waals surface area contributed by atoms with Gasteiger partial charge in [0.25, 0.3) is 0 Å². The van der Waals surface area contributed by atoms with Gasteiger partial charge in [-0.05, 0) is 43.1 Å². The van der Waals surface area contributed by atoms with Crippen molar-refractivity contribution >= 4 is 11.6 Å². The minimum Gasteiger partial charge on any atom is -0.395 e. The Morgan fingerprint density at radius 2 is 1.89 bits per heavy atom. The van der Waals surface area contributed by atoms with E-state index in [0.717, 1.165) is 17.1 Å². The first kappa shape index (κ1) is 14.8. The molecule has 0 bridgehead atoms. The lowest BCUT2D eigenvalue weighted by Crippen LogP contribution is -2.29. The Balaban J connectivity index is 2.10. The number of benzene rings is 1. The predicted octanol–water partition coefficient (Wildman–Crippen LogP) is 3.60.